The van der Waals surface area contributed by atoms with Crippen molar-refractivity contribution in [2.24, 2.45) is 0 Å². The summed E-state index contributed by atoms with van der Waals surface area (Å²) in [7, 11) is 1.31. The fourth-order valence-electron chi connectivity index (χ4n) is 3.50. The molecule has 0 spiro atoms. The Bertz CT molecular complexity index is 761. The topological polar surface area (TPSA) is 35.5 Å². The summed E-state index contributed by atoms with van der Waals surface area (Å²) in [6, 6.07) is 12.0. The van der Waals surface area contributed by atoms with Crippen LogP contribution in [0.5, 0.6) is 0 Å². The molecule has 0 aliphatic heterocycles. The van der Waals surface area contributed by atoms with Crippen LogP contribution in [0.4, 0.5) is 8.78 Å². The van der Waals surface area contributed by atoms with Gasteiger partial charge in [-0.3, -0.25) is 4.79 Å². The molecule has 3 rings (SSSR count). The maximum atomic E-state index is 13.7. The van der Waals surface area contributed by atoms with E-state index in [2.05, 4.69) is 0 Å². The first-order valence-corrected chi connectivity index (χ1v) is 8.25. The molecule has 0 heterocycles. The molecule has 0 aromatic heterocycles. The third-order valence-electron chi connectivity index (χ3n) is 4.84. The predicted molar refractivity (Wildman–Crippen MR) is 89.1 cm³/mol. The highest BCUT2D eigenvalue weighted by molar-refractivity contribution is 5.84. The van der Waals surface area contributed by atoms with Crippen LogP contribution in [0, 0.1) is 11.6 Å². The van der Waals surface area contributed by atoms with Gasteiger partial charge in [0.15, 0.2) is 11.6 Å². The molecule has 0 saturated carbocycles. The molecule has 0 fully saturated rings. The van der Waals surface area contributed by atoms with Gasteiger partial charge in [-0.05, 0) is 48.1 Å². The van der Waals surface area contributed by atoms with Crippen LogP contribution in [0.2, 0.25) is 0 Å². The van der Waals surface area contributed by atoms with E-state index in [-0.39, 0.29) is 0 Å². The monoisotopic (exact) mass is 346 g/mol. The van der Waals surface area contributed by atoms with E-state index in [0.29, 0.717) is 43.6 Å². The van der Waals surface area contributed by atoms with Gasteiger partial charge in [0.05, 0.1) is 19.1 Å². The van der Waals surface area contributed by atoms with Crippen molar-refractivity contribution in [2.75, 3.05) is 13.7 Å². The molecule has 2 aromatic rings. The lowest BCUT2D eigenvalue weighted by Gasteiger charge is -2.27. The van der Waals surface area contributed by atoms with E-state index in [1.165, 1.54) is 13.2 Å². The minimum Gasteiger partial charge on any atom is -0.468 e. The summed E-state index contributed by atoms with van der Waals surface area (Å²) in [4.78, 5) is 12.5. The van der Waals surface area contributed by atoms with Crippen LogP contribution in [0.15, 0.2) is 42.5 Å². The normalized spacial score (nSPS) is 18.8. The Morgan fingerprint density at radius 2 is 1.88 bits per heavy atom. The highest BCUT2D eigenvalue weighted by Crippen LogP contribution is 2.43. The second kappa shape index (κ2) is 7.31. The molecular formula is C20H20F2O3. The number of hydrogen-bond acceptors (Lipinski definition) is 3. The number of hydrogen-bond donors (Lipinski definition) is 0. The maximum Gasteiger partial charge on any atom is 0.316 e. The van der Waals surface area contributed by atoms with Crippen molar-refractivity contribution in [3.63, 3.8) is 0 Å². The van der Waals surface area contributed by atoms with E-state index in [0.717, 1.165) is 11.6 Å². The van der Waals surface area contributed by atoms with E-state index >= 15 is 0 Å². The minimum absolute atomic E-state index is 0.322. The molecule has 1 aliphatic rings. The molecule has 2 aromatic carbocycles. The standard InChI is InChI=1S/C20H20F2O3/c1-24-19(23)20(9-10-25-13-14-5-3-2-4-6-14)8-7-15-11-17(21)18(22)12-16(15)20/h2-6,11-12H,7-10,13H2,1H3. The molecule has 25 heavy (non-hydrogen) atoms. The molecule has 0 saturated heterocycles. The number of carbonyl (C=O) groups excluding carboxylic acids is 1. The van der Waals surface area contributed by atoms with Crippen molar-refractivity contribution < 1.29 is 23.0 Å². The third-order valence-corrected chi connectivity index (χ3v) is 4.84. The van der Waals surface area contributed by atoms with Gasteiger partial charge in [0, 0.05) is 6.61 Å². The zero-order valence-electron chi connectivity index (χ0n) is 14.1. The average molecular weight is 346 g/mol. The van der Waals surface area contributed by atoms with Crippen molar-refractivity contribution in [2.45, 2.75) is 31.3 Å². The van der Waals surface area contributed by atoms with Gasteiger partial charge in [-0.15, -0.1) is 0 Å². The molecule has 5 heteroatoms. The van der Waals surface area contributed by atoms with E-state index < -0.39 is 23.0 Å². The van der Waals surface area contributed by atoms with Crippen LogP contribution in [0.1, 0.15) is 29.5 Å². The molecule has 0 radical (unpaired) electrons. The summed E-state index contributed by atoms with van der Waals surface area (Å²) in [5.74, 6) is -2.26. The Kier molecular flexibility index (Phi) is 5.13. The van der Waals surface area contributed by atoms with Crippen LogP contribution < -0.4 is 0 Å². The van der Waals surface area contributed by atoms with Gasteiger partial charge in [-0.25, -0.2) is 8.78 Å². The number of aryl methyl sites for hydroxylation is 1. The van der Waals surface area contributed by atoms with Gasteiger partial charge in [-0.1, -0.05) is 30.3 Å². The quantitative estimate of drug-likeness (QED) is 0.587. The van der Waals surface area contributed by atoms with Crippen LogP contribution in [-0.2, 0) is 32.7 Å². The molecule has 1 unspecified atom stereocenters. The van der Waals surface area contributed by atoms with Gasteiger partial charge in [0.2, 0.25) is 0 Å². The van der Waals surface area contributed by atoms with E-state index in [1.807, 2.05) is 30.3 Å². The summed E-state index contributed by atoms with van der Waals surface area (Å²) in [6.07, 6.45) is 1.34. The molecule has 132 valence electrons. The number of rotatable bonds is 6. The number of esters is 1. The average Bonchev–Trinajstić information content (AvgIpc) is 2.98. The Morgan fingerprint density at radius 1 is 1.16 bits per heavy atom. The van der Waals surface area contributed by atoms with Crippen molar-refractivity contribution in [1.82, 2.24) is 0 Å². The Labute approximate surface area is 145 Å². The van der Waals surface area contributed by atoms with Gasteiger partial charge < -0.3 is 9.47 Å². The maximum absolute atomic E-state index is 13.7. The predicted octanol–water partition coefficient (Wildman–Crippen LogP) is 3.93. The highest BCUT2D eigenvalue weighted by Gasteiger charge is 2.46. The number of halogens is 2. The summed E-state index contributed by atoms with van der Waals surface area (Å²) < 4.78 is 37.9. The number of methoxy groups -OCH3 is 1. The summed E-state index contributed by atoms with van der Waals surface area (Å²) in [5.41, 5.74) is 1.23. The largest absolute Gasteiger partial charge is 0.468 e. The smallest absolute Gasteiger partial charge is 0.316 e. The second-order valence-electron chi connectivity index (χ2n) is 6.29. The van der Waals surface area contributed by atoms with Crippen LogP contribution in [-0.4, -0.2) is 19.7 Å². The lowest BCUT2D eigenvalue weighted by Crippen LogP contribution is -2.36. The third kappa shape index (κ3) is 3.42. The van der Waals surface area contributed by atoms with Crippen molar-refractivity contribution in [1.29, 1.82) is 0 Å². The number of carbonyl (C=O) groups is 1. The first-order valence-electron chi connectivity index (χ1n) is 8.25. The lowest BCUT2D eigenvalue weighted by atomic mass is 9.79. The number of ether oxygens (including phenoxy) is 2. The second-order valence-corrected chi connectivity index (χ2v) is 6.29. The van der Waals surface area contributed by atoms with Crippen LogP contribution in [0.25, 0.3) is 0 Å². The van der Waals surface area contributed by atoms with Gasteiger partial charge in [0.1, 0.15) is 0 Å². The van der Waals surface area contributed by atoms with Gasteiger partial charge >= 0.3 is 5.97 Å². The fourth-order valence-corrected chi connectivity index (χ4v) is 3.50. The lowest BCUT2D eigenvalue weighted by molar-refractivity contribution is -0.148. The Hall–Kier alpha value is -2.27. The van der Waals surface area contributed by atoms with Crippen molar-refractivity contribution in [3.05, 3.63) is 70.8 Å². The minimum atomic E-state index is -0.977. The van der Waals surface area contributed by atoms with Gasteiger partial charge in [-0.2, -0.15) is 0 Å². The zero-order chi connectivity index (χ0) is 17.9. The highest BCUT2D eigenvalue weighted by atomic mass is 19.2. The van der Waals surface area contributed by atoms with Crippen LogP contribution >= 0.6 is 0 Å². The molecule has 0 bridgehead atoms. The van der Waals surface area contributed by atoms with E-state index in [9.17, 15) is 13.6 Å². The summed E-state index contributed by atoms with van der Waals surface area (Å²) >= 11 is 0. The summed E-state index contributed by atoms with van der Waals surface area (Å²) in [5, 5.41) is 0. The van der Waals surface area contributed by atoms with E-state index in [1.54, 1.807) is 0 Å². The zero-order valence-corrected chi connectivity index (χ0v) is 14.1. The Morgan fingerprint density at radius 3 is 2.60 bits per heavy atom. The van der Waals surface area contributed by atoms with Crippen molar-refractivity contribution in [3.8, 4) is 0 Å². The van der Waals surface area contributed by atoms with Gasteiger partial charge in [0.25, 0.3) is 0 Å². The summed E-state index contributed by atoms with van der Waals surface area (Å²) in [6.45, 7) is 0.755. The van der Waals surface area contributed by atoms with E-state index in [4.69, 9.17) is 9.47 Å². The van der Waals surface area contributed by atoms with Crippen LogP contribution in [0.3, 0.4) is 0 Å². The molecular weight excluding hydrogens is 326 g/mol. The number of benzene rings is 2. The molecule has 0 N–H and O–H groups in total. The first kappa shape index (κ1) is 17.5. The van der Waals surface area contributed by atoms with Crippen molar-refractivity contribution >= 4 is 5.97 Å². The molecule has 1 atom stereocenters. The molecule has 0 amide bonds. The molecule has 1 aliphatic carbocycles. The fraction of sp³-hybridized carbons (Fsp3) is 0.350. The SMILES string of the molecule is COC(=O)C1(CCOCc2ccccc2)CCc2cc(F)c(F)cc21. The first-order chi connectivity index (χ1) is 12.1. The molecule has 3 nitrogen and oxygen atoms in total. The number of fused-ring (bicyclic) bond motifs is 1. The Balaban J connectivity index is 1.76.